The van der Waals surface area contributed by atoms with Gasteiger partial charge in [0.15, 0.2) is 0 Å². The highest BCUT2D eigenvalue weighted by atomic mass is 127. The Kier molecular flexibility index (Phi) is 4.70. The van der Waals surface area contributed by atoms with Crippen molar-refractivity contribution in [2.75, 3.05) is 0 Å². The fourth-order valence-electron chi connectivity index (χ4n) is 2.02. The van der Waals surface area contributed by atoms with Crippen molar-refractivity contribution >= 4 is 28.4 Å². The monoisotopic (exact) mass is 294 g/mol. The molecule has 0 aromatic heterocycles. The molecule has 0 N–H and O–H groups in total. The van der Waals surface area contributed by atoms with Crippen molar-refractivity contribution in [1.29, 1.82) is 0 Å². The van der Waals surface area contributed by atoms with Crippen LogP contribution in [0, 0.1) is 11.8 Å². The van der Waals surface area contributed by atoms with Crippen LogP contribution in [0.3, 0.4) is 0 Å². The quantitative estimate of drug-likeness (QED) is 0.574. The zero-order chi connectivity index (χ0) is 9.84. The van der Waals surface area contributed by atoms with E-state index < -0.39 is 0 Å². The third kappa shape index (κ3) is 3.96. The highest BCUT2D eigenvalue weighted by Crippen LogP contribution is 2.32. The van der Waals surface area contributed by atoms with Crippen LogP contribution in [0.2, 0.25) is 0 Å². The Morgan fingerprint density at radius 2 is 1.92 bits per heavy atom. The topological polar surface area (TPSA) is 17.1 Å². The van der Waals surface area contributed by atoms with Crippen LogP contribution < -0.4 is 0 Å². The Hall–Kier alpha value is 0.400. The van der Waals surface area contributed by atoms with Gasteiger partial charge in [-0.1, -0.05) is 29.5 Å². The summed E-state index contributed by atoms with van der Waals surface area (Å²) in [6.07, 6.45) is 6.51. The van der Waals surface area contributed by atoms with Crippen molar-refractivity contribution in [3.05, 3.63) is 0 Å². The average molecular weight is 294 g/mol. The molecule has 0 aromatic rings. The van der Waals surface area contributed by atoms with Crippen LogP contribution in [0.5, 0.6) is 0 Å². The molecule has 1 rings (SSSR count). The molecule has 1 fully saturated rings. The molecule has 1 unspecified atom stereocenters. The van der Waals surface area contributed by atoms with E-state index in [2.05, 4.69) is 29.5 Å². The standard InChI is InChI=1S/C11H19IO/c1-8(9(2)13)7-10-3-5-11(12)6-4-10/h8,10-11H,3-7H2,1-2H3. The minimum Gasteiger partial charge on any atom is -0.300 e. The van der Waals surface area contributed by atoms with Gasteiger partial charge in [-0.05, 0) is 44.9 Å². The second-order valence-corrected chi connectivity index (χ2v) is 6.13. The van der Waals surface area contributed by atoms with Gasteiger partial charge in [0.1, 0.15) is 5.78 Å². The van der Waals surface area contributed by atoms with Crippen LogP contribution in [-0.2, 0) is 4.79 Å². The zero-order valence-electron chi connectivity index (χ0n) is 8.55. The van der Waals surface area contributed by atoms with Crippen molar-refractivity contribution in [3.8, 4) is 0 Å². The van der Waals surface area contributed by atoms with Crippen molar-refractivity contribution in [2.24, 2.45) is 11.8 Å². The summed E-state index contributed by atoms with van der Waals surface area (Å²) in [5, 5.41) is 0. The molecule has 1 nitrogen and oxygen atoms in total. The Morgan fingerprint density at radius 1 is 1.38 bits per heavy atom. The minimum atomic E-state index is 0.288. The van der Waals surface area contributed by atoms with Gasteiger partial charge in [0.2, 0.25) is 0 Å². The van der Waals surface area contributed by atoms with E-state index in [1.54, 1.807) is 6.92 Å². The maximum absolute atomic E-state index is 11.1. The fourth-order valence-corrected chi connectivity index (χ4v) is 2.74. The molecule has 1 saturated carbocycles. The Morgan fingerprint density at radius 3 is 2.38 bits per heavy atom. The van der Waals surface area contributed by atoms with Crippen molar-refractivity contribution in [3.63, 3.8) is 0 Å². The lowest BCUT2D eigenvalue weighted by atomic mass is 9.82. The van der Waals surface area contributed by atoms with E-state index in [1.807, 2.05) is 0 Å². The average Bonchev–Trinajstić information content (AvgIpc) is 2.08. The van der Waals surface area contributed by atoms with E-state index in [1.165, 1.54) is 25.7 Å². The summed E-state index contributed by atoms with van der Waals surface area (Å²) < 4.78 is 0.890. The van der Waals surface area contributed by atoms with Crippen LogP contribution in [0.1, 0.15) is 46.0 Å². The van der Waals surface area contributed by atoms with E-state index in [4.69, 9.17) is 0 Å². The Balaban J connectivity index is 2.26. The molecule has 0 heterocycles. The lowest BCUT2D eigenvalue weighted by Gasteiger charge is -2.26. The number of carbonyl (C=O) groups excluding carboxylic acids is 1. The van der Waals surface area contributed by atoms with Crippen LogP contribution in [-0.4, -0.2) is 9.71 Å². The third-order valence-electron chi connectivity index (χ3n) is 3.16. The number of Topliss-reactive ketones (excluding diaryl/α,β-unsaturated/α-hetero) is 1. The second kappa shape index (κ2) is 5.32. The van der Waals surface area contributed by atoms with Crippen molar-refractivity contribution in [1.82, 2.24) is 0 Å². The molecular formula is C11H19IO. The molecule has 2 heteroatoms. The number of hydrogen-bond acceptors (Lipinski definition) is 1. The predicted octanol–water partition coefficient (Wildman–Crippen LogP) is 3.60. The SMILES string of the molecule is CC(=O)C(C)CC1CCC(I)CC1. The number of rotatable bonds is 3. The first-order valence-electron chi connectivity index (χ1n) is 5.24. The molecule has 0 aromatic carbocycles. The van der Waals surface area contributed by atoms with E-state index in [0.29, 0.717) is 5.78 Å². The van der Waals surface area contributed by atoms with Gasteiger partial charge >= 0.3 is 0 Å². The summed E-state index contributed by atoms with van der Waals surface area (Å²) in [7, 11) is 0. The molecular weight excluding hydrogens is 275 g/mol. The van der Waals surface area contributed by atoms with Gasteiger partial charge in [-0.3, -0.25) is 4.79 Å². The number of hydrogen-bond donors (Lipinski definition) is 0. The van der Waals surface area contributed by atoms with E-state index in [0.717, 1.165) is 16.3 Å². The molecule has 76 valence electrons. The molecule has 0 amide bonds. The van der Waals surface area contributed by atoms with Crippen molar-refractivity contribution < 1.29 is 4.79 Å². The number of carbonyl (C=O) groups is 1. The molecule has 1 aliphatic carbocycles. The predicted molar refractivity (Wildman–Crippen MR) is 64.2 cm³/mol. The molecule has 0 spiro atoms. The summed E-state index contributed by atoms with van der Waals surface area (Å²) in [6.45, 7) is 3.78. The normalized spacial score (nSPS) is 31.3. The van der Waals surface area contributed by atoms with Crippen LogP contribution in [0.25, 0.3) is 0 Å². The first kappa shape index (κ1) is 11.5. The molecule has 0 bridgehead atoms. The zero-order valence-corrected chi connectivity index (χ0v) is 10.7. The number of alkyl halides is 1. The molecule has 1 aliphatic rings. The first-order valence-corrected chi connectivity index (χ1v) is 6.48. The molecule has 1 atom stereocenters. The lowest BCUT2D eigenvalue weighted by molar-refractivity contribution is -0.120. The number of halogens is 1. The maximum atomic E-state index is 11.1. The number of ketones is 1. The van der Waals surface area contributed by atoms with Gasteiger partial charge < -0.3 is 0 Å². The lowest BCUT2D eigenvalue weighted by Crippen LogP contribution is -2.18. The van der Waals surface area contributed by atoms with Crippen LogP contribution in [0.4, 0.5) is 0 Å². The van der Waals surface area contributed by atoms with Gasteiger partial charge in [-0.25, -0.2) is 0 Å². The smallest absolute Gasteiger partial charge is 0.132 e. The second-order valence-electron chi connectivity index (χ2n) is 4.37. The van der Waals surface area contributed by atoms with E-state index in [-0.39, 0.29) is 5.92 Å². The molecule has 0 radical (unpaired) electrons. The maximum Gasteiger partial charge on any atom is 0.132 e. The highest BCUT2D eigenvalue weighted by Gasteiger charge is 2.21. The van der Waals surface area contributed by atoms with Gasteiger partial charge in [-0.2, -0.15) is 0 Å². The van der Waals surface area contributed by atoms with Gasteiger partial charge in [0.25, 0.3) is 0 Å². The van der Waals surface area contributed by atoms with Gasteiger partial charge in [0.05, 0.1) is 0 Å². The summed E-state index contributed by atoms with van der Waals surface area (Å²) in [6, 6.07) is 0. The first-order chi connectivity index (χ1) is 6.09. The highest BCUT2D eigenvalue weighted by molar-refractivity contribution is 14.1. The van der Waals surface area contributed by atoms with E-state index in [9.17, 15) is 4.79 Å². The molecule has 13 heavy (non-hydrogen) atoms. The van der Waals surface area contributed by atoms with Gasteiger partial charge in [-0.15, -0.1) is 0 Å². The Labute approximate surface area is 94.8 Å². The largest absolute Gasteiger partial charge is 0.300 e. The Bertz CT molecular complexity index is 171. The van der Waals surface area contributed by atoms with Crippen LogP contribution >= 0.6 is 22.6 Å². The summed E-state index contributed by atoms with van der Waals surface area (Å²) in [5.74, 6) is 1.47. The van der Waals surface area contributed by atoms with Gasteiger partial charge in [0, 0.05) is 9.84 Å². The van der Waals surface area contributed by atoms with E-state index >= 15 is 0 Å². The summed E-state index contributed by atoms with van der Waals surface area (Å²) in [5.41, 5.74) is 0. The fraction of sp³-hybridized carbons (Fsp3) is 0.909. The van der Waals surface area contributed by atoms with Crippen LogP contribution in [0.15, 0.2) is 0 Å². The van der Waals surface area contributed by atoms with Crippen molar-refractivity contribution in [2.45, 2.75) is 49.9 Å². The molecule has 0 aliphatic heterocycles. The third-order valence-corrected chi connectivity index (χ3v) is 4.40. The summed E-state index contributed by atoms with van der Waals surface area (Å²) in [4.78, 5) is 11.1. The summed E-state index contributed by atoms with van der Waals surface area (Å²) >= 11 is 2.55. The minimum absolute atomic E-state index is 0.288. The molecule has 0 saturated heterocycles.